The molecule has 3 heterocycles. The minimum atomic E-state index is 0.173. The quantitative estimate of drug-likeness (QED) is 0.912. The highest BCUT2D eigenvalue weighted by molar-refractivity contribution is 5.04. The van der Waals surface area contributed by atoms with Crippen LogP contribution in [0.2, 0.25) is 0 Å². The Labute approximate surface area is 130 Å². The van der Waals surface area contributed by atoms with Crippen molar-refractivity contribution in [3.05, 3.63) is 29.9 Å². The van der Waals surface area contributed by atoms with Crippen molar-refractivity contribution in [2.24, 2.45) is 0 Å². The van der Waals surface area contributed by atoms with Gasteiger partial charge in [0.2, 0.25) is 0 Å². The molecule has 1 aliphatic heterocycles. The van der Waals surface area contributed by atoms with Crippen LogP contribution < -0.4 is 0 Å². The summed E-state index contributed by atoms with van der Waals surface area (Å²) in [7, 11) is 1.77. The van der Waals surface area contributed by atoms with Crippen LogP contribution in [0.25, 0.3) is 0 Å². The van der Waals surface area contributed by atoms with Gasteiger partial charge in [-0.25, -0.2) is 9.97 Å². The van der Waals surface area contributed by atoms with Crippen molar-refractivity contribution in [3.63, 3.8) is 0 Å². The molecule has 2 aromatic heterocycles. The lowest BCUT2D eigenvalue weighted by molar-refractivity contribution is 0.106. The summed E-state index contributed by atoms with van der Waals surface area (Å²) < 4.78 is 7.77. The largest absolute Gasteiger partial charge is 0.380 e. The van der Waals surface area contributed by atoms with Crippen molar-refractivity contribution >= 4 is 0 Å². The molecule has 2 aromatic rings. The summed E-state index contributed by atoms with van der Waals surface area (Å²) in [6.07, 6.45) is 5.03. The van der Waals surface area contributed by atoms with E-state index in [0.29, 0.717) is 6.04 Å². The first-order chi connectivity index (χ1) is 10.6. The molecule has 0 amide bonds. The Hall–Kier alpha value is -1.73. The first kappa shape index (κ1) is 15.2. The van der Waals surface area contributed by atoms with Gasteiger partial charge in [-0.15, -0.1) is 0 Å². The maximum Gasteiger partial charge on any atom is 0.167 e. The third-order valence-electron chi connectivity index (χ3n) is 4.26. The number of methoxy groups -OCH3 is 1. The van der Waals surface area contributed by atoms with E-state index >= 15 is 0 Å². The molecule has 1 fully saturated rings. The SMILES string of the molecule is CO[C@@H]1C[C@@H](c2n[nH]c(C)n2)N(Cc2nccn2C(C)C)C1. The topological polar surface area (TPSA) is 71.9 Å². The van der Waals surface area contributed by atoms with Crippen LogP contribution in [-0.2, 0) is 11.3 Å². The van der Waals surface area contributed by atoms with Crippen LogP contribution in [0.15, 0.2) is 12.4 Å². The van der Waals surface area contributed by atoms with Crippen molar-refractivity contribution in [2.75, 3.05) is 13.7 Å². The van der Waals surface area contributed by atoms with Gasteiger partial charge in [0.1, 0.15) is 11.6 Å². The number of ether oxygens (including phenoxy) is 1. The fourth-order valence-corrected chi connectivity index (χ4v) is 3.10. The summed E-state index contributed by atoms with van der Waals surface area (Å²) >= 11 is 0. The molecule has 0 spiro atoms. The van der Waals surface area contributed by atoms with Crippen molar-refractivity contribution < 1.29 is 4.74 Å². The van der Waals surface area contributed by atoms with E-state index in [9.17, 15) is 0 Å². The monoisotopic (exact) mass is 304 g/mol. The van der Waals surface area contributed by atoms with Crippen LogP contribution in [0.1, 0.15) is 49.8 Å². The second-order valence-corrected chi connectivity index (χ2v) is 6.16. The van der Waals surface area contributed by atoms with Crippen LogP contribution in [0, 0.1) is 6.92 Å². The normalized spacial score (nSPS) is 22.8. The molecule has 2 atom stereocenters. The van der Waals surface area contributed by atoms with Gasteiger partial charge in [-0.2, -0.15) is 5.10 Å². The zero-order valence-electron chi connectivity index (χ0n) is 13.7. The van der Waals surface area contributed by atoms with Crippen LogP contribution in [0.5, 0.6) is 0 Å². The van der Waals surface area contributed by atoms with E-state index in [0.717, 1.165) is 37.0 Å². The Kier molecular flexibility index (Phi) is 4.26. The fourth-order valence-electron chi connectivity index (χ4n) is 3.10. The van der Waals surface area contributed by atoms with E-state index in [1.807, 2.05) is 19.3 Å². The number of nitrogens with zero attached hydrogens (tertiary/aromatic N) is 5. The second kappa shape index (κ2) is 6.18. The number of aryl methyl sites for hydroxylation is 1. The van der Waals surface area contributed by atoms with Gasteiger partial charge in [0.05, 0.1) is 18.7 Å². The summed E-state index contributed by atoms with van der Waals surface area (Å²) in [5.41, 5.74) is 0. The van der Waals surface area contributed by atoms with E-state index in [4.69, 9.17) is 4.74 Å². The third kappa shape index (κ3) is 2.91. The average Bonchev–Trinajstić information content (AvgIpc) is 3.18. The Bertz CT molecular complexity index is 619. The van der Waals surface area contributed by atoms with Crippen LogP contribution in [0.3, 0.4) is 0 Å². The van der Waals surface area contributed by atoms with Crippen molar-refractivity contribution in [1.29, 1.82) is 0 Å². The molecule has 1 saturated heterocycles. The molecule has 0 unspecified atom stereocenters. The molecule has 0 bridgehead atoms. The van der Waals surface area contributed by atoms with Crippen LogP contribution in [-0.4, -0.2) is 49.4 Å². The van der Waals surface area contributed by atoms with Gasteiger partial charge in [-0.1, -0.05) is 0 Å². The van der Waals surface area contributed by atoms with E-state index in [2.05, 4.69) is 43.5 Å². The summed E-state index contributed by atoms with van der Waals surface area (Å²) in [5, 5.41) is 7.28. The lowest BCUT2D eigenvalue weighted by Gasteiger charge is -2.22. The lowest BCUT2D eigenvalue weighted by Crippen LogP contribution is -2.27. The molecular formula is C15H24N6O. The van der Waals surface area contributed by atoms with Gasteiger partial charge in [-0.05, 0) is 27.2 Å². The summed E-state index contributed by atoms with van der Waals surface area (Å²) in [5.74, 6) is 2.77. The van der Waals surface area contributed by atoms with Gasteiger partial charge in [0.15, 0.2) is 5.82 Å². The molecule has 22 heavy (non-hydrogen) atoms. The average molecular weight is 304 g/mol. The zero-order chi connectivity index (χ0) is 15.7. The number of imidazole rings is 1. The Morgan fingerprint density at radius 3 is 2.91 bits per heavy atom. The van der Waals surface area contributed by atoms with Crippen molar-refractivity contribution in [2.45, 2.75) is 51.9 Å². The van der Waals surface area contributed by atoms with E-state index < -0.39 is 0 Å². The highest BCUT2D eigenvalue weighted by Gasteiger charge is 2.36. The number of hydrogen-bond acceptors (Lipinski definition) is 5. The third-order valence-corrected chi connectivity index (χ3v) is 4.26. The Morgan fingerprint density at radius 2 is 2.27 bits per heavy atom. The number of rotatable bonds is 5. The van der Waals surface area contributed by atoms with Crippen LogP contribution >= 0.6 is 0 Å². The number of likely N-dealkylation sites (tertiary alicyclic amines) is 1. The molecule has 0 aliphatic carbocycles. The Morgan fingerprint density at radius 1 is 1.45 bits per heavy atom. The number of H-pyrrole nitrogens is 1. The maximum atomic E-state index is 5.56. The Balaban J connectivity index is 1.81. The standard InChI is InChI=1S/C15H24N6O/c1-10(2)21-6-5-16-14(21)9-20-8-12(22-4)7-13(20)15-17-11(3)18-19-15/h5-6,10,12-13H,7-9H2,1-4H3,(H,17,18,19)/t12-,13+/m1/s1. The predicted octanol–water partition coefficient (Wildman–Crippen LogP) is 1.85. The predicted molar refractivity (Wildman–Crippen MR) is 82.3 cm³/mol. The van der Waals surface area contributed by atoms with E-state index in [-0.39, 0.29) is 12.1 Å². The number of aromatic amines is 1. The maximum absolute atomic E-state index is 5.56. The van der Waals surface area contributed by atoms with Crippen LogP contribution in [0.4, 0.5) is 0 Å². The molecule has 3 rings (SSSR count). The number of nitrogens with one attached hydrogen (secondary N) is 1. The van der Waals surface area contributed by atoms with Gasteiger partial charge in [0.25, 0.3) is 0 Å². The van der Waals surface area contributed by atoms with Gasteiger partial charge in [0, 0.05) is 32.1 Å². The first-order valence-corrected chi connectivity index (χ1v) is 7.76. The van der Waals surface area contributed by atoms with E-state index in [1.165, 1.54) is 0 Å². The summed E-state index contributed by atoms with van der Waals surface area (Å²) in [6.45, 7) is 7.92. The molecule has 7 nitrogen and oxygen atoms in total. The molecule has 0 saturated carbocycles. The first-order valence-electron chi connectivity index (χ1n) is 7.76. The number of hydrogen-bond donors (Lipinski definition) is 1. The summed E-state index contributed by atoms with van der Waals surface area (Å²) in [4.78, 5) is 11.4. The molecule has 1 aliphatic rings. The molecule has 1 N–H and O–H groups in total. The molecule has 0 radical (unpaired) electrons. The highest BCUT2D eigenvalue weighted by Crippen LogP contribution is 2.32. The minimum Gasteiger partial charge on any atom is -0.380 e. The van der Waals surface area contributed by atoms with Crippen molar-refractivity contribution in [3.8, 4) is 0 Å². The van der Waals surface area contributed by atoms with Gasteiger partial charge < -0.3 is 9.30 Å². The zero-order valence-corrected chi connectivity index (χ0v) is 13.7. The number of aromatic nitrogens is 5. The minimum absolute atomic E-state index is 0.173. The summed E-state index contributed by atoms with van der Waals surface area (Å²) in [6, 6.07) is 0.578. The van der Waals surface area contributed by atoms with E-state index in [1.54, 1.807) is 7.11 Å². The van der Waals surface area contributed by atoms with Gasteiger partial charge in [-0.3, -0.25) is 10.00 Å². The molecular weight excluding hydrogens is 280 g/mol. The molecule has 0 aromatic carbocycles. The van der Waals surface area contributed by atoms with Gasteiger partial charge >= 0.3 is 0 Å². The van der Waals surface area contributed by atoms with Crippen molar-refractivity contribution in [1.82, 2.24) is 29.6 Å². The highest BCUT2D eigenvalue weighted by atomic mass is 16.5. The molecule has 120 valence electrons. The fraction of sp³-hybridized carbons (Fsp3) is 0.667. The molecule has 7 heteroatoms. The second-order valence-electron chi connectivity index (χ2n) is 6.16. The smallest absolute Gasteiger partial charge is 0.167 e. The lowest BCUT2D eigenvalue weighted by atomic mass is 10.2.